The molecular formula is C27H26N6O2. The Hall–Kier alpha value is -4.51. The molecule has 2 heterocycles. The second-order valence-corrected chi connectivity index (χ2v) is 8.12. The average molecular weight is 467 g/mol. The van der Waals surface area contributed by atoms with Crippen LogP contribution in [0.3, 0.4) is 0 Å². The van der Waals surface area contributed by atoms with E-state index in [0.29, 0.717) is 35.4 Å². The summed E-state index contributed by atoms with van der Waals surface area (Å²) in [6, 6.07) is 20.2. The lowest BCUT2D eigenvalue weighted by molar-refractivity contribution is -0.118. The van der Waals surface area contributed by atoms with Gasteiger partial charge in [0.25, 0.3) is 5.91 Å². The van der Waals surface area contributed by atoms with E-state index >= 15 is 0 Å². The fraction of sp³-hybridized carbons (Fsp3) is 0.222. The number of amides is 1. The van der Waals surface area contributed by atoms with Crippen LogP contribution in [-0.4, -0.2) is 32.8 Å². The van der Waals surface area contributed by atoms with Gasteiger partial charge in [-0.15, -0.1) is 0 Å². The molecule has 0 aliphatic carbocycles. The molecule has 4 aromatic rings. The van der Waals surface area contributed by atoms with Crippen molar-refractivity contribution >= 4 is 34.2 Å². The Morgan fingerprint density at radius 2 is 1.91 bits per heavy atom. The molecule has 2 aromatic heterocycles. The number of imidazole rings is 1. The molecule has 0 aliphatic heterocycles. The van der Waals surface area contributed by atoms with Gasteiger partial charge in [0.05, 0.1) is 29.2 Å². The van der Waals surface area contributed by atoms with Crippen LogP contribution in [0.1, 0.15) is 41.5 Å². The Kier molecular flexibility index (Phi) is 7.17. The first-order chi connectivity index (χ1) is 17.0. The number of carbonyl (C=O) groups is 2. The Morgan fingerprint density at radius 3 is 2.60 bits per heavy atom. The van der Waals surface area contributed by atoms with Crippen LogP contribution in [0.15, 0.2) is 66.9 Å². The molecular weight excluding hydrogens is 440 g/mol. The molecule has 0 bridgehead atoms. The van der Waals surface area contributed by atoms with Crippen molar-refractivity contribution in [3.63, 3.8) is 0 Å². The fourth-order valence-electron chi connectivity index (χ4n) is 3.79. The third-order valence-corrected chi connectivity index (χ3v) is 5.86. The van der Waals surface area contributed by atoms with Gasteiger partial charge in [0, 0.05) is 43.9 Å². The highest BCUT2D eigenvalue weighted by Gasteiger charge is 2.21. The molecule has 0 spiro atoms. The van der Waals surface area contributed by atoms with Crippen molar-refractivity contribution < 1.29 is 9.59 Å². The number of Topliss-reactive ketones (excluding diaryl/α,β-unsaturated/α-hetero) is 1. The maximum atomic E-state index is 13.4. The number of rotatable bonds is 9. The molecule has 0 saturated carbocycles. The van der Waals surface area contributed by atoms with Crippen molar-refractivity contribution in [2.45, 2.75) is 26.3 Å². The third-order valence-electron chi connectivity index (χ3n) is 5.86. The van der Waals surface area contributed by atoms with Gasteiger partial charge in [-0.2, -0.15) is 5.26 Å². The summed E-state index contributed by atoms with van der Waals surface area (Å²) in [6.07, 6.45) is 2.34. The van der Waals surface area contributed by atoms with Crippen LogP contribution in [0.4, 0.5) is 11.5 Å². The molecule has 4 rings (SSSR count). The first-order valence-corrected chi connectivity index (χ1v) is 11.4. The number of carbonyl (C=O) groups excluding carboxylic acids is 2. The number of hydrogen-bond acceptors (Lipinski definition) is 6. The number of nitriles is 1. The minimum Gasteiger partial charge on any atom is -0.378 e. The Morgan fingerprint density at radius 1 is 1.11 bits per heavy atom. The zero-order valence-electron chi connectivity index (χ0n) is 19.7. The van der Waals surface area contributed by atoms with Crippen LogP contribution in [0, 0.1) is 11.3 Å². The monoisotopic (exact) mass is 466 g/mol. The molecule has 1 amide bonds. The molecule has 8 nitrogen and oxygen atoms in total. The van der Waals surface area contributed by atoms with Crippen molar-refractivity contribution in [2.75, 3.05) is 16.8 Å². The van der Waals surface area contributed by atoms with E-state index in [-0.39, 0.29) is 24.7 Å². The quantitative estimate of drug-likeness (QED) is 0.390. The molecule has 8 heteroatoms. The predicted molar refractivity (Wildman–Crippen MR) is 135 cm³/mol. The first kappa shape index (κ1) is 23.6. The van der Waals surface area contributed by atoms with Crippen LogP contribution in [0.25, 0.3) is 11.0 Å². The summed E-state index contributed by atoms with van der Waals surface area (Å²) in [7, 11) is 1.93. The zero-order valence-corrected chi connectivity index (χ0v) is 19.7. The van der Waals surface area contributed by atoms with E-state index in [4.69, 9.17) is 10.2 Å². The van der Waals surface area contributed by atoms with E-state index in [2.05, 4.69) is 16.4 Å². The van der Waals surface area contributed by atoms with Crippen LogP contribution in [0.5, 0.6) is 0 Å². The van der Waals surface area contributed by atoms with Gasteiger partial charge in [-0.3, -0.25) is 14.5 Å². The summed E-state index contributed by atoms with van der Waals surface area (Å²) in [5, 5.41) is 12.3. The van der Waals surface area contributed by atoms with E-state index in [0.717, 1.165) is 17.0 Å². The van der Waals surface area contributed by atoms with Gasteiger partial charge in [0.1, 0.15) is 17.4 Å². The summed E-state index contributed by atoms with van der Waals surface area (Å²) >= 11 is 0. The summed E-state index contributed by atoms with van der Waals surface area (Å²) in [4.78, 5) is 36.0. The lowest BCUT2D eigenvalue weighted by Gasteiger charge is -2.21. The van der Waals surface area contributed by atoms with Gasteiger partial charge in [0.2, 0.25) is 0 Å². The second-order valence-electron chi connectivity index (χ2n) is 8.12. The Bertz CT molecular complexity index is 1390. The summed E-state index contributed by atoms with van der Waals surface area (Å²) in [5.74, 6) is 1.19. The van der Waals surface area contributed by atoms with Crippen molar-refractivity contribution in [1.29, 1.82) is 5.26 Å². The van der Waals surface area contributed by atoms with E-state index in [9.17, 15) is 9.59 Å². The van der Waals surface area contributed by atoms with Crippen LogP contribution < -0.4 is 10.2 Å². The summed E-state index contributed by atoms with van der Waals surface area (Å²) < 4.78 is 1.98. The summed E-state index contributed by atoms with van der Waals surface area (Å²) in [6.45, 7) is 2.57. The normalized spacial score (nSPS) is 10.7. The van der Waals surface area contributed by atoms with Crippen molar-refractivity contribution in [2.24, 2.45) is 7.05 Å². The minimum absolute atomic E-state index is 0.0957. The second kappa shape index (κ2) is 10.6. The maximum Gasteiger partial charge on any atom is 0.259 e. The number of hydrogen-bond donors (Lipinski definition) is 1. The SMILES string of the molecule is CCC(=O)CCN(C(=O)c1ccc2c(c1)nc(CNc1ccc(C#N)cc1)n2C)c1ccccn1. The lowest BCUT2D eigenvalue weighted by Crippen LogP contribution is -2.33. The van der Waals surface area contributed by atoms with E-state index in [1.165, 1.54) is 0 Å². The standard InChI is InChI=1S/C27H26N6O2/c1-3-22(34)13-15-33(25-6-4-5-14-29-25)27(35)20-9-12-24-23(16-20)31-26(32(24)2)18-30-21-10-7-19(17-28)8-11-21/h4-12,14,16,30H,3,13,15,18H2,1-2H3. The van der Waals surface area contributed by atoms with Gasteiger partial charge >= 0.3 is 0 Å². The largest absolute Gasteiger partial charge is 0.378 e. The van der Waals surface area contributed by atoms with Crippen molar-refractivity contribution in [3.05, 3.63) is 83.8 Å². The number of anilines is 2. The van der Waals surface area contributed by atoms with E-state index in [1.807, 2.05) is 42.8 Å². The molecule has 0 aliphatic rings. The summed E-state index contributed by atoms with van der Waals surface area (Å²) in [5.41, 5.74) is 3.59. The molecule has 0 fully saturated rings. The zero-order chi connectivity index (χ0) is 24.8. The maximum absolute atomic E-state index is 13.4. The van der Waals surface area contributed by atoms with E-state index < -0.39 is 0 Å². The van der Waals surface area contributed by atoms with Crippen molar-refractivity contribution in [3.8, 4) is 6.07 Å². The van der Waals surface area contributed by atoms with Gasteiger partial charge < -0.3 is 9.88 Å². The lowest BCUT2D eigenvalue weighted by atomic mass is 10.1. The molecule has 0 atom stereocenters. The molecule has 0 saturated heterocycles. The molecule has 2 aromatic carbocycles. The fourth-order valence-corrected chi connectivity index (χ4v) is 3.79. The molecule has 35 heavy (non-hydrogen) atoms. The number of benzene rings is 2. The number of aromatic nitrogens is 3. The van der Waals surface area contributed by atoms with E-state index in [1.54, 1.807) is 47.5 Å². The first-order valence-electron chi connectivity index (χ1n) is 11.4. The highest BCUT2D eigenvalue weighted by Crippen LogP contribution is 2.21. The topological polar surface area (TPSA) is 104 Å². The van der Waals surface area contributed by atoms with Gasteiger partial charge in [-0.1, -0.05) is 13.0 Å². The smallest absolute Gasteiger partial charge is 0.259 e. The van der Waals surface area contributed by atoms with Gasteiger partial charge in [-0.05, 0) is 54.6 Å². The van der Waals surface area contributed by atoms with Crippen LogP contribution in [-0.2, 0) is 18.4 Å². The Labute approximate surface area is 203 Å². The predicted octanol–water partition coefficient (Wildman–Crippen LogP) is 4.47. The average Bonchev–Trinajstić information content (AvgIpc) is 3.22. The highest BCUT2D eigenvalue weighted by atomic mass is 16.2. The van der Waals surface area contributed by atoms with Gasteiger partial charge in [-0.25, -0.2) is 9.97 Å². The molecule has 176 valence electrons. The number of ketones is 1. The van der Waals surface area contributed by atoms with Crippen LogP contribution in [0.2, 0.25) is 0 Å². The molecule has 1 N–H and O–H groups in total. The number of pyridine rings is 1. The number of nitrogens with zero attached hydrogens (tertiary/aromatic N) is 5. The Balaban J connectivity index is 1.57. The highest BCUT2D eigenvalue weighted by molar-refractivity contribution is 6.07. The van der Waals surface area contributed by atoms with Crippen LogP contribution >= 0.6 is 0 Å². The van der Waals surface area contributed by atoms with Crippen molar-refractivity contribution in [1.82, 2.24) is 14.5 Å². The number of aryl methyl sites for hydroxylation is 1. The third kappa shape index (κ3) is 5.36. The van der Waals surface area contributed by atoms with Gasteiger partial charge in [0.15, 0.2) is 0 Å². The number of nitrogens with one attached hydrogen (secondary N) is 1. The number of fused-ring (bicyclic) bond motifs is 1. The molecule has 0 unspecified atom stereocenters. The molecule has 0 radical (unpaired) electrons. The minimum atomic E-state index is -0.225.